The first-order valence-electron chi connectivity index (χ1n) is 5.53. The summed E-state index contributed by atoms with van der Waals surface area (Å²) in [7, 11) is 0. The van der Waals surface area contributed by atoms with Gasteiger partial charge in [0, 0.05) is 15.8 Å². The Bertz CT molecular complexity index is 459. The van der Waals surface area contributed by atoms with Crippen LogP contribution in [0.25, 0.3) is 0 Å². The summed E-state index contributed by atoms with van der Waals surface area (Å²) in [4.78, 5) is 11.9. The molecular formula is C12H12Br2F3NO. The highest BCUT2D eigenvalue weighted by atomic mass is 79.9. The number of hydrogen-bond acceptors (Lipinski definition) is 1. The molecule has 0 heterocycles. The zero-order chi connectivity index (χ0) is 14.6. The average molecular weight is 403 g/mol. The quantitative estimate of drug-likeness (QED) is 0.744. The molecule has 0 aliphatic carbocycles. The molecule has 1 amide bonds. The highest BCUT2D eigenvalue weighted by Crippen LogP contribution is 2.31. The van der Waals surface area contributed by atoms with Crippen LogP contribution in [0.2, 0.25) is 0 Å². The van der Waals surface area contributed by atoms with Crippen LogP contribution in [0, 0.1) is 0 Å². The Balaban J connectivity index is 3.02. The topological polar surface area (TPSA) is 29.1 Å². The standard InChI is InChI=1S/C12H12Br2F3NO/c1-2-8(6-13)18-11(19)9-5-7(12(15,16)17)3-4-10(9)14/h3-5,8H,2,6H2,1H3,(H,18,19). The van der Waals surface area contributed by atoms with Gasteiger partial charge in [0.15, 0.2) is 0 Å². The largest absolute Gasteiger partial charge is 0.416 e. The predicted molar refractivity (Wildman–Crippen MR) is 74.5 cm³/mol. The van der Waals surface area contributed by atoms with Gasteiger partial charge in [-0.1, -0.05) is 22.9 Å². The fraction of sp³-hybridized carbons (Fsp3) is 0.417. The van der Waals surface area contributed by atoms with Crippen molar-refractivity contribution >= 4 is 37.8 Å². The Hall–Kier alpha value is -0.560. The first-order valence-corrected chi connectivity index (χ1v) is 7.44. The average Bonchev–Trinajstić information content (AvgIpc) is 2.34. The first-order chi connectivity index (χ1) is 8.79. The number of amides is 1. The summed E-state index contributed by atoms with van der Waals surface area (Å²) in [5, 5.41) is 3.22. The summed E-state index contributed by atoms with van der Waals surface area (Å²) in [6, 6.07) is 2.89. The molecule has 1 atom stereocenters. The Morgan fingerprint density at radius 1 is 1.42 bits per heavy atom. The van der Waals surface area contributed by atoms with Gasteiger partial charge < -0.3 is 5.32 Å². The van der Waals surface area contributed by atoms with Crippen molar-refractivity contribution in [2.75, 3.05) is 5.33 Å². The van der Waals surface area contributed by atoms with E-state index in [1.807, 2.05) is 6.92 Å². The predicted octanol–water partition coefficient (Wildman–Crippen LogP) is 4.37. The van der Waals surface area contributed by atoms with E-state index in [1.165, 1.54) is 6.07 Å². The van der Waals surface area contributed by atoms with Crippen LogP contribution in [-0.4, -0.2) is 17.3 Å². The van der Waals surface area contributed by atoms with Crippen LogP contribution in [-0.2, 0) is 6.18 Å². The maximum absolute atomic E-state index is 12.6. The van der Waals surface area contributed by atoms with Crippen molar-refractivity contribution in [3.05, 3.63) is 33.8 Å². The minimum atomic E-state index is -4.46. The summed E-state index contributed by atoms with van der Waals surface area (Å²) in [5.41, 5.74) is -0.859. The third-order valence-electron chi connectivity index (χ3n) is 2.55. The second kappa shape index (κ2) is 6.74. The van der Waals surface area contributed by atoms with E-state index in [0.717, 1.165) is 12.1 Å². The van der Waals surface area contributed by atoms with Gasteiger partial charge in [-0.15, -0.1) is 0 Å². The molecule has 0 radical (unpaired) electrons. The van der Waals surface area contributed by atoms with Crippen molar-refractivity contribution < 1.29 is 18.0 Å². The zero-order valence-corrected chi connectivity index (χ0v) is 13.2. The minimum Gasteiger partial charge on any atom is -0.348 e. The van der Waals surface area contributed by atoms with Crippen LogP contribution in [0.3, 0.4) is 0 Å². The Kier molecular flexibility index (Phi) is 5.85. The molecule has 0 aromatic heterocycles. The normalized spacial score (nSPS) is 13.2. The summed E-state index contributed by atoms with van der Waals surface area (Å²) >= 11 is 6.33. The van der Waals surface area contributed by atoms with Gasteiger partial charge >= 0.3 is 6.18 Å². The van der Waals surface area contributed by atoms with Gasteiger partial charge in [0.25, 0.3) is 5.91 Å². The molecule has 0 saturated carbocycles. The molecule has 19 heavy (non-hydrogen) atoms. The first kappa shape index (κ1) is 16.5. The third-order valence-corrected chi connectivity index (χ3v) is 4.03. The lowest BCUT2D eigenvalue weighted by molar-refractivity contribution is -0.137. The zero-order valence-electron chi connectivity index (χ0n) is 10.0. The number of halogens is 5. The van der Waals surface area contributed by atoms with E-state index in [2.05, 4.69) is 37.2 Å². The Morgan fingerprint density at radius 2 is 2.05 bits per heavy atom. The molecule has 1 unspecified atom stereocenters. The molecule has 0 saturated heterocycles. The molecule has 2 nitrogen and oxygen atoms in total. The van der Waals surface area contributed by atoms with E-state index in [4.69, 9.17) is 0 Å². The van der Waals surface area contributed by atoms with Crippen LogP contribution < -0.4 is 5.32 Å². The number of benzene rings is 1. The van der Waals surface area contributed by atoms with Crippen molar-refractivity contribution in [1.29, 1.82) is 0 Å². The molecule has 0 aliphatic heterocycles. The molecule has 0 spiro atoms. The van der Waals surface area contributed by atoms with Gasteiger partial charge in [0.2, 0.25) is 0 Å². The third kappa shape index (κ3) is 4.49. The van der Waals surface area contributed by atoms with E-state index < -0.39 is 17.6 Å². The van der Waals surface area contributed by atoms with Crippen molar-refractivity contribution in [3.63, 3.8) is 0 Å². The molecule has 1 aromatic carbocycles. The lowest BCUT2D eigenvalue weighted by Crippen LogP contribution is -2.35. The summed E-state index contributed by atoms with van der Waals surface area (Å²) in [5.74, 6) is -0.524. The summed E-state index contributed by atoms with van der Waals surface area (Å²) in [6.45, 7) is 1.88. The van der Waals surface area contributed by atoms with Crippen molar-refractivity contribution in [2.24, 2.45) is 0 Å². The van der Waals surface area contributed by atoms with Crippen LogP contribution in [0.1, 0.15) is 29.3 Å². The molecule has 0 aliphatic rings. The lowest BCUT2D eigenvalue weighted by Gasteiger charge is -2.15. The van der Waals surface area contributed by atoms with E-state index in [0.29, 0.717) is 16.2 Å². The molecule has 7 heteroatoms. The fourth-order valence-corrected chi connectivity index (χ4v) is 2.43. The minimum absolute atomic E-state index is 0.0192. The molecule has 1 aromatic rings. The fourth-order valence-electron chi connectivity index (χ4n) is 1.39. The second-order valence-corrected chi connectivity index (χ2v) is 5.43. The van der Waals surface area contributed by atoms with Gasteiger partial charge in [-0.3, -0.25) is 4.79 Å². The number of nitrogens with one attached hydrogen (secondary N) is 1. The van der Waals surface area contributed by atoms with Gasteiger partial charge in [-0.2, -0.15) is 13.2 Å². The van der Waals surface area contributed by atoms with Gasteiger partial charge in [0.1, 0.15) is 0 Å². The van der Waals surface area contributed by atoms with E-state index in [1.54, 1.807) is 0 Å². The van der Waals surface area contributed by atoms with E-state index in [9.17, 15) is 18.0 Å². The highest BCUT2D eigenvalue weighted by Gasteiger charge is 2.31. The number of carbonyl (C=O) groups is 1. The molecule has 106 valence electrons. The van der Waals surface area contributed by atoms with Gasteiger partial charge in [-0.05, 0) is 40.5 Å². The monoisotopic (exact) mass is 401 g/mol. The number of alkyl halides is 4. The summed E-state index contributed by atoms with van der Waals surface area (Å²) < 4.78 is 38.1. The maximum atomic E-state index is 12.6. The van der Waals surface area contributed by atoms with Crippen molar-refractivity contribution in [2.45, 2.75) is 25.6 Å². The van der Waals surface area contributed by atoms with Crippen LogP contribution >= 0.6 is 31.9 Å². The number of carbonyl (C=O) groups excluding carboxylic acids is 1. The Labute approximate surface area is 126 Å². The smallest absolute Gasteiger partial charge is 0.348 e. The van der Waals surface area contributed by atoms with Gasteiger partial charge in [-0.25, -0.2) is 0 Å². The Morgan fingerprint density at radius 3 is 2.53 bits per heavy atom. The SMILES string of the molecule is CCC(CBr)NC(=O)c1cc(C(F)(F)F)ccc1Br. The molecular weight excluding hydrogens is 391 g/mol. The lowest BCUT2D eigenvalue weighted by atomic mass is 10.1. The molecule has 0 bridgehead atoms. The van der Waals surface area contributed by atoms with E-state index >= 15 is 0 Å². The van der Waals surface area contributed by atoms with Crippen LogP contribution in [0.15, 0.2) is 22.7 Å². The van der Waals surface area contributed by atoms with E-state index in [-0.39, 0.29) is 11.6 Å². The molecule has 0 fully saturated rings. The van der Waals surface area contributed by atoms with Crippen LogP contribution in [0.5, 0.6) is 0 Å². The number of hydrogen-bond donors (Lipinski definition) is 1. The van der Waals surface area contributed by atoms with Gasteiger partial charge in [0.05, 0.1) is 11.1 Å². The molecule has 1 rings (SSSR count). The second-order valence-electron chi connectivity index (χ2n) is 3.93. The highest BCUT2D eigenvalue weighted by molar-refractivity contribution is 9.10. The number of rotatable bonds is 4. The van der Waals surface area contributed by atoms with Crippen LogP contribution in [0.4, 0.5) is 13.2 Å². The summed E-state index contributed by atoms with van der Waals surface area (Å²) in [6.07, 6.45) is -3.77. The molecule has 1 N–H and O–H groups in total. The maximum Gasteiger partial charge on any atom is 0.416 e. The van der Waals surface area contributed by atoms with Crippen molar-refractivity contribution in [1.82, 2.24) is 5.32 Å². The van der Waals surface area contributed by atoms with Crippen molar-refractivity contribution in [3.8, 4) is 0 Å².